The lowest BCUT2D eigenvalue weighted by atomic mass is 9.92. The van der Waals surface area contributed by atoms with Crippen LogP contribution in [0.3, 0.4) is 0 Å². The Hall–Kier alpha value is 0.140. The van der Waals surface area contributed by atoms with Gasteiger partial charge in [0.15, 0.2) is 0 Å². The zero-order valence-corrected chi connectivity index (χ0v) is 15.4. The van der Waals surface area contributed by atoms with Crippen molar-refractivity contribution in [1.82, 2.24) is 0 Å². The molecule has 3 heteroatoms. The molecule has 0 amide bonds. The van der Waals surface area contributed by atoms with Gasteiger partial charge in [-0.15, -0.1) is 11.3 Å². The first-order valence-corrected chi connectivity index (χ1v) is 9.57. The van der Waals surface area contributed by atoms with Crippen LogP contribution in [0.15, 0.2) is 28.1 Å². The van der Waals surface area contributed by atoms with Gasteiger partial charge in [-0.2, -0.15) is 0 Å². The number of benzene rings is 1. The lowest BCUT2D eigenvalue weighted by Crippen LogP contribution is -2.06. The summed E-state index contributed by atoms with van der Waals surface area (Å²) in [6.45, 7) is 4.58. The SMILES string of the molecule is CCCCC(CC)C(Br)c1csc2c(Br)cccc12. The number of halogens is 2. The van der Waals surface area contributed by atoms with E-state index < -0.39 is 0 Å². The van der Waals surface area contributed by atoms with Crippen LogP contribution in [0.4, 0.5) is 0 Å². The Labute approximate surface area is 136 Å². The van der Waals surface area contributed by atoms with Crippen molar-refractivity contribution in [1.29, 1.82) is 0 Å². The molecule has 0 bridgehead atoms. The van der Waals surface area contributed by atoms with E-state index in [1.165, 1.54) is 45.8 Å². The summed E-state index contributed by atoms with van der Waals surface area (Å²) in [5, 5.41) is 3.72. The maximum Gasteiger partial charge on any atom is 0.0488 e. The molecule has 104 valence electrons. The first-order chi connectivity index (χ1) is 9.19. The summed E-state index contributed by atoms with van der Waals surface area (Å²) >= 11 is 9.45. The molecule has 19 heavy (non-hydrogen) atoms. The number of rotatable bonds is 6. The highest BCUT2D eigenvalue weighted by molar-refractivity contribution is 9.10. The van der Waals surface area contributed by atoms with E-state index in [4.69, 9.17) is 0 Å². The van der Waals surface area contributed by atoms with Gasteiger partial charge >= 0.3 is 0 Å². The second kappa shape index (κ2) is 7.24. The molecule has 1 aromatic heterocycles. The van der Waals surface area contributed by atoms with Crippen molar-refractivity contribution in [2.75, 3.05) is 0 Å². The second-order valence-corrected chi connectivity index (χ2v) is 7.74. The molecule has 0 saturated carbocycles. The molecule has 2 atom stereocenters. The number of thiophene rings is 1. The smallest absolute Gasteiger partial charge is 0.0488 e. The molecule has 0 saturated heterocycles. The van der Waals surface area contributed by atoms with Crippen molar-refractivity contribution in [2.45, 2.75) is 44.4 Å². The topological polar surface area (TPSA) is 0 Å². The lowest BCUT2D eigenvalue weighted by molar-refractivity contribution is 0.447. The number of unbranched alkanes of at least 4 members (excludes halogenated alkanes) is 1. The third-order valence-corrected chi connectivity index (χ3v) is 6.96. The van der Waals surface area contributed by atoms with E-state index >= 15 is 0 Å². The molecular weight excluding hydrogens is 384 g/mol. The van der Waals surface area contributed by atoms with Crippen molar-refractivity contribution >= 4 is 53.3 Å². The van der Waals surface area contributed by atoms with Crippen molar-refractivity contribution in [3.63, 3.8) is 0 Å². The third-order valence-electron chi connectivity index (χ3n) is 3.75. The van der Waals surface area contributed by atoms with Crippen molar-refractivity contribution in [3.8, 4) is 0 Å². The summed E-state index contributed by atoms with van der Waals surface area (Å²) < 4.78 is 2.58. The summed E-state index contributed by atoms with van der Waals surface area (Å²) in [4.78, 5) is 0.479. The summed E-state index contributed by atoms with van der Waals surface area (Å²) in [6.07, 6.45) is 5.16. The van der Waals surface area contributed by atoms with Crippen LogP contribution in [0.25, 0.3) is 10.1 Å². The molecule has 2 unspecified atom stereocenters. The number of alkyl halides is 1. The van der Waals surface area contributed by atoms with Gasteiger partial charge in [0.25, 0.3) is 0 Å². The van der Waals surface area contributed by atoms with Crippen LogP contribution >= 0.6 is 43.2 Å². The normalized spacial score (nSPS) is 14.7. The van der Waals surface area contributed by atoms with Gasteiger partial charge in [0.1, 0.15) is 0 Å². The molecule has 0 aliphatic heterocycles. The summed E-state index contributed by atoms with van der Waals surface area (Å²) in [7, 11) is 0. The van der Waals surface area contributed by atoms with E-state index in [2.05, 4.69) is 69.3 Å². The molecular formula is C16H20Br2S. The Balaban J connectivity index is 2.30. The molecule has 0 fully saturated rings. The summed E-state index contributed by atoms with van der Waals surface area (Å²) in [5.41, 5.74) is 1.46. The maximum atomic E-state index is 3.96. The molecule has 0 nitrogen and oxygen atoms in total. The standard InChI is InChI=1S/C16H20Br2S/c1-3-5-7-11(4-2)15(18)13-10-19-16-12(13)8-6-9-14(16)17/h6,8-11,15H,3-5,7H2,1-2H3. The van der Waals surface area contributed by atoms with Gasteiger partial charge in [0.05, 0.1) is 0 Å². The molecule has 0 N–H and O–H groups in total. The zero-order chi connectivity index (χ0) is 13.8. The van der Waals surface area contributed by atoms with Crippen molar-refractivity contribution in [2.24, 2.45) is 5.92 Å². The fourth-order valence-electron chi connectivity index (χ4n) is 2.53. The Morgan fingerprint density at radius 3 is 2.74 bits per heavy atom. The van der Waals surface area contributed by atoms with Gasteiger partial charge in [0, 0.05) is 14.0 Å². The zero-order valence-electron chi connectivity index (χ0n) is 11.5. The Bertz CT molecular complexity index is 533. The van der Waals surface area contributed by atoms with E-state index in [0.717, 1.165) is 5.92 Å². The van der Waals surface area contributed by atoms with Crippen LogP contribution in [0.1, 0.15) is 49.9 Å². The number of fused-ring (bicyclic) bond motifs is 1. The molecule has 1 aromatic carbocycles. The Morgan fingerprint density at radius 1 is 1.26 bits per heavy atom. The number of hydrogen-bond donors (Lipinski definition) is 0. The van der Waals surface area contributed by atoms with Crippen LogP contribution in [0.5, 0.6) is 0 Å². The van der Waals surface area contributed by atoms with Crippen LogP contribution in [-0.4, -0.2) is 0 Å². The Morgan fingerprint density at radius 2 is 2.05 bits per heavy atom. The predicted molar refractivity (Wildman–Crippen MR) is 94.5 cm³/mol. The van der Waals surface area contributed by atoms with Crippen molar-refractivity contribution < 1.29 is 0 Å². The maximum absolute atomic E-state index is 3.96. The van der Waals surface area contributed by atoms with E-state index in [0.29, 0.717) is 4.83 Å². The molecule has 2 aromatic rings. The minimum absolute atomic E-state index is 0.479. The number of hydrogen-bond acceptors (Lipinski definition) is 1. The van der Waals surface area contributed by atoms with Crippen LogP contribution < -0.4 is 0 Å². The Kier molecular flexibility index (Phi) is 5.91. The second-order valence-electron chi connectivity index (χ2n) is 5.02. The highest BCUT2D eigenvalue weighted by Gasteiger charge is 2.21. The quantitative estimate of drug-likeness (QED) is 0.443. The monoisotopic (exact) mass is 402 g/mol. The van der Waals surface area contributed by atoms with Gasteiger partial charge in [-0.3, -0.25) is 0 Å². The highest BCUT2D eigenvalue weighted by atomic mass is 79.9. The molecule has 2 rings (SSSR count). The van der Waals surface area contributed by atoms with Gasteiger partial charge in [0.2, 0.25) is 0 Å². The average Bonchev–Trinajstić information content (AvgIpc) is 2.84. The van der Waals surface area contributed by atoms with Crippen molar-refractivity contribution in [3.05, 3.63) is 33.6 Å². The minimum atomic E-state index is 0.479. The first-order valence-electron chi connectivity index (χ1n) is 6.98. The fraction of sp³-hybridized carbons (Fsp3) is 0.500. The molecule has 0 spiro atoms. The molecule has 0 radical (unpaired) electrons. The highest BCUT2D eigenvalue weighted by Crippen LogP contribution is 2.43. The van der Waals surface area contributed by atoms with Gasteiger partial charge in [-0.05, 0) is 50.7 Å². The van der Waals surface area contributed by atoms with Crippen LogP contribution in [0.2, 0.25) is 0 Å². The van der Waals surface area contributed by atoms with E-state index in [1.807, 2.05) is 11.3 Å². The van der Waals surface area contributed by atoms with E-state index in [-0.39, 0.29) is 0 Å². The van der Waals surface area contributed by atoms with E-state index in [9.17, 15) is 0 Å². The average molecular weight is 404 g/mol. The van der Waals surface area contributed by atoms with Crippen LogP contribution in [-0.2, 0) is 0 Å². The molecule has 0 aliphatic rings. The van der Waals surface area contributed by atoms with Gasteiger partial charge in [-0.1, -0.05) is 61.2 Å². The molecule has 1 heterocycles. The van der Waals surface area contributed by atoms with Crippen LogP contribution in [0, 0.1) is 5.92 Å². The molecule has 0 aliphatic carbocycles. The predicted octanol–water partition coefficient (Wildman–Crippen LogP) is 7.32. The fourth-order valence-corrected chi connectivity index (χ4v) is 5.38. The first kappa shape index (κ1) is 15.5. The largest absolute Gasteiger partial charge is 0.142 e. The summed E-state index contributed by atoms with van der Waals surface area (Å²) in [6, 6.07) is 6.50. The minimum Gasteiger partial charge on any atom is -0.142 e. The van der Waals surface area contributed by atoms with Gasteiger partial charge in [-0.25, -0.2) is 0 Å². The van der Waals surface area contributed by atoms with E-state index in [1.54, 1.807) is 0 Å². The summed E-state index contributed by atoms with van der Waals surface area (Å²) in [5.74, 6) is 0.733. The third kappa shape index (κ3) is 3.43. The lowest BCUT2D eigenvalue weighted by Gasteiger charge is -2.21. The van der Waals surface area contributed by atoms with Gasteiger partial charge < -0.3 is 0 Å².